The highest BCUT2D eigenvalue weighted by Gasteiger charge is 2.71. The fraction of sp³-hybridized carbons (Fsp3) is 0.188. The van der Waals surface area contributed by atoms with Crippen LogP contribution in [-0.2, 0) is 5.60 Å². The molecule has 0 radical (unpaired) electrons. The molecule has 0 aliphatic heterocycles. The van der Waals surface area contributed by atoms with Gasteiger partial charge in [-0.15, -0.1) is 0 Å². The molecule has 0 unspecified atom stereocenters. The standard InChI is InChI=1S/C16H11F6NO3/c17-15(18,19)14(25,16(20,21)22)10-6-8-12(9-7-10)26-13(24)23-11-4-2-1-3-5-11/h1-9,25H,(H,23,24). The molecule has 1 amide bonds. The number of benzene rings is 2. The van der Waals surface area contributed by atoms with Crippen molar-refractivity contribution in [2.45, 2.75) is 18.0 Å². The van der Waals surface area contributed by atoms with Crippen molar-refractivity contribution in [2.24, 2.45) is 0 Å². The van der Waals surface area contributed by atoms with E-state index in [4.69, 9.17) is 4.74 Å². The number of carbonyl (C=O) groups excluding carboxylic acids is 1. The van der Waals surface area contributed by atoms with Gasteiger partial charge in [-0.1, -0.05) is 30.3 Å². The summed E-state index contributed by atoms with van der Waals surface area (Å²) in [6.45, 7) is 0. The Balaban J connectivity index is 2.18. The van der Waals surface area contributed by atoms with Gasteiger partial charge < -0.3 is 9.84 Å². The first kappa shape index (κ1) is 19.6. The molecule has 0 atom stereocenters. The molecule has 10 heteroatoms. The highest BCUT2D eigenvalue weighted by Crippen LogP contribution is 2.50. The van der Waals surface area contributed by atoms with Crippen molar-refractivity contribution in [2.75, 3.05) is 5.32 Å². The molecule has 4 nitrogen and oxygen atoms in total. The molecular formula is C16H11F6NO3. The Hall–Kier alpha value is -2.75. The molecule has 2 aromatic carbocycles. The predicted molar refractivity (Wildman–Crippen MR) is 78.5 cm³/mol. The van der Waals surface area contributed by atoms with Crippen LogP contribution in [0.25, 0.3) is 0 Å². The van der Waals surface area contributed by atoms with Gasteiger partial charge >= 0.3 is 18.4 Å². The maximum atomic E-state index is 12.8. The van der Waals surface area contributed by atoms with Gasteiger partial charge in [-0.3, -0.25) is 5.32 Å². The first-order valence-electron chi connectivity index (χ1n) is 6.95. The van der Waals surface area contributed by atoms with Gasteiger partial charge in [-0.25, -0.2) is 4.79 Å². The fourth-order valence-electron chi connectivity index (χ4n) is 2.02. The Labute approximate surface area is 143 Å². The molecule has 0 aliphatic rings. The minimum Gasteiger partial charge on any atom is -0.410 e. The molecule has 0 bridgehead atoms. The molecule has 0 saturated carbocycles. The highest BCUT2D eigenvalue weighted by molar-refractivity contribution is 5.86. The summed E-state index contributed by atoms with van der Waals surface area (Å²) in [5.41, 5.74) is -6.11. The number of aliphatic hydroxyl groups is 1. The van der Waals surface area contributed by atoms with Crippen molar-refractivity contribution in [1.82, 2.24) is 0 Å². The lowest BCUT2D eigenvalue weighted by Crippen LogP contribution is -2.53. The number of ether oxygens (including phenoxy) is 1. The number of hydrogen-bond donors (Lipinski definition) is 2. The lowest BCUT2D eigenvalue weighted by molar-refractivity contribution is -0.376. The van der Waals surface area contributed by atoms with Crippen LogP contribution in [0, 0.1) is 0 Å². The van der Waals surface area contributed by atoms with E-state index in [2.05, 4.69) is 5.32 Å². The molecule has 0 aliphatic carbocycles. The minimum absolute atomic E-state index is 0.311. The Bertz CT molecular complexity index is 742. The van der Waals surface area contributed by atoms with Crippen LogP contribution >= 0.6 is 0 Å². The summed E-state index contributed by atoms with van der Waals surface area (Å²) in [6.07, 6.45) is -13.0. The maximum absolute atomic E-state index is 12.8. The highest BCUT2D eigenvalue weighted by atomic mass is 19.4. The second-order valence-electron chi connectivity index (χ2n) is 5.11. The van der Waals surface area contributed by atoms with Gasteiger partial charge in [-0.05, 0) is 24.3 Å². The number of para-hydroxylation sites is 1. The largest absolute Gasteiger partial charge is 0.430 e. The third kappa shape index (κ3) is 3.90. The molecule has 0 spiro atoms. The van der Waals surface area contributed by atoms with E-state index in [0.29, 0.717) is 30.0 Å². The zero-order valence-corrected chi connectivity index (χ0v) is 12.7. The van der Waals surface area contributed by atoms with E-state index in [1.807, 2.05) is 0 Å². The summed E-state index contributed by atoms with van der Waals surface area (Å²) in [5.74, 6) is -0.311. The molecule has 2 aromatic rings. The third-order valence-corrected chi connectivity index (χ3v) is 3.32. The Kier molecular flexibility index (Phi) is 5.17. The van der Waals surface area contributed by atoms with Crippen molar-refractivity contribution in [3.05, 3.63) is 60.2 Å². The van der Waals surface area contributed by atoms with Gasteiger partial charge in [-0.2, -0.15) is 26.3 Å². The van der Waals surface area contributed by atoms with Crippen LogP contribution in [0.2, 0.25) is 0 Å². The number of hydrogen-bond acceptors (Lipinski definition) is 3. The topological polar surface area (TPSA) is 58.6 Å². The van der Waals surface area contributed by atoms with E-state index in [-0.39, 0.29) is 5.75 Å². The van der Waals surface area contributed by atoms with E-state index < -0.39 is 29.6 Å². The molecule has 0 aromatic heterocycles. The van der Waals surface area contributed by atoms with Crippen LogP contribution < -0.4 is 10.1 Å². The number of carbonyl (C=O) groups is 1. The van der Waals surface area contributed by atoms with Crippen molar-refractivity contribution < 1.29 is 41.0 Å². The van der Waals surface area contributed by atoms with Gasteiger partial charge in [0, 0.05) is 11.3 Å². The van der Waals surface area contributed by atoms with Crippen molar-refractivity contribution in [1.29, 1.82) is 0 Å². The zero-order valence-electron chi connectivity index (χ0n) is 12.7. The SMILES string of the molecule is O=C(Nc1ccccc1)Oc1ccc(C(O)(C(F)(F)F)C(F)(F)F)cc1. The van der Waals surface area contributed by atoms with E-state index in [1.165, 1.54) is 12.1 Å². The first-order valence-corrected chi connectivity index (χ1v) is 6.95. The smallest absolute Gasteiger partial charge is 0.410 e. The molecule has 0 fully saturated rings. The minimum atomic E-state index is -5.99. The summed E-state index contributed by atoms with van der Waals surface area (Å²) in [4.78, 5) is 11.6. The normalized spacial score (nSPS) is 12.6. The summed E-state index contributed by atoms with van der Waals surface area (Å²) in [7, 11) is 0. The average molecular weight is 379 g/mol. The van der Waals surface area contributed by atoms with Crippen molar-refractivity contribution >= 4 is 11.8 Å². The fourth-order valence-corrected chi connectivity index (χ4v) is 2.02. The van der Waals surface area contributed by atoms with Crippen molar-refractivity contribution in [3.8, 4) is 5.75 Å². The van der Waals surface area contributed by atoms with Crippen LogP contribution in [-0.4, -0.2) is 23.6 Å². The van der Waals surface area contributed by atoms with E-state index >= 15 is 0 Å². The van der Waals surface area contributed by atoms with E-state index in [0.717, 1.165) is 0 Å². The van der Waals surface area contributed by atoms with Gasteiger partial charge in [0.15, 0.2) is 0 Å². The molecule has 2 N–H and O–H groups in total. The Morgan fingerprint density at radius 2 is 1.35 bits per heavy atom. The maximum Gasteiger partial charge on any atom is 0.430 e. The Morgan fingerprint density at radius 1 is 0.846 bits per heavy atom. The van der Waals surface area contributed by atoms with E-state index in [1.54, 1.807) is 18.2 Å². The number of anilines is 1. The lowest BCUT2D eigenvalue weighted by Gasteiger charge is -2.32. The summed E-state index contributed by atoms with van der Waals surface area (Å²) < 4.78 is 81.4. The number of halogens is 6. The summed E-state index contributed by atoms with van der Waals surface area (Å²) in [5, 5.41) is 11.6. The van der Waals surface area contributed by atoms with E-state index in [9.17, 15) is 36.2 Å². The van der Waals surface area contributed by atoms with Crippen LogP contribution in [0.3, 0.4) is 0 Å². The first-order chi connectivity index (χ1) is 11.9. The van der Waals surface area contributed by atoms with Crippen molar-refractivity contribution in [3.63, 3.8) is 0 Å². The lowest BCUT2D eigenvalue weighted by atomic mass is 9.92. The average Bonchev–Trinajstić information content (AvgIpc) is 2.53. The van der Waals surface area contributed by atoms with Crippen LogP contribution in [0.15, 0.2) is 54.6 Å². The van der Waals surface area contributed by atoms with Gasteiger partial charge in [0.1, 0.15) is 5.75 Å². The molecular weight excluding hydrogens is 368 g/mol. The molecule has 0 heterocycles. The number of rotatable bonds is 3. The monoisotopic (exact) mass is 379 g/mol. The van der Waals surface area contributed by atoms with Crippen LogP contribution in [0.5, 0.6) is 5.75 Å². The van der Waals surface area contributed by atoms with Crippen LogP contribution in [0.1, 0.15) is 5.56 Å². The molecule has 0 saturated heterocycles. The number of amides is 1. The molecule has 26 heavy (non-hydrogen) atoms. The van der Waals surface area contributed by atoms with Gasteiger partial charge in [0.2, 0.25) is 0 Å². The third-order valence-electron chi connectivity index (χ3n) is 3.32. The van der Waals surface area contributed by atoms with Crippen LogP contribution in [0.4, 0.5) is 36.8 Å². The summed E-state index contributed by atoms with van der Waals surface area (Å²) in [6, 6.07) is 10.2. The second-order valence-corrected chi connectivity index (χ2v) is 5.11. The molecule has 2 rings (SSSR count). The predicted octanol–water partition coefficient (Wildman–Crippen LogP) is 4.61. The second kappa shape index (κ2) is 6.87. The zero-order chi connectivity index (χ0) is 19.6. The number of nitrogens with one attached hydrogen (secondary N) is 1. The van der Waals surface area contributed by atoms with Gasteiger partial charge in [0.05, 0.1) is 0 Å². The summed E-state index contributed by atoms with van der Waals surface area (Å²) >= 11 is 0. The quantitative estimate of drug-likeness (QED) is 0.766. The Morgan fingerprint density at radius 3 is 1.81 bits per heavy atom. The number of alkyl halides is 6. The molecule has 140 valence electrons. The van der Waals surface area contributed by atoms with Gasteiger partial charge in [0.25, 0.3) is 5.60 Å².